The van der Waals surface area contributed by atoms with E-state index in [4.69, 9.17) is 4.74 Å². The normalized spacial score (nSPS) is 13.6. The molecule has 0 aliphatic heterocycles. The first-order chi connectivity index (χ1) is 13.1. The molecule has 1 aromatic carbocycles. The highest BCUT2D eigenvalue weighted by molar-refractivity contribution is 14.0. The lowest BCUT2D eigenvalue weighted by atomic mass is 10.2. The summed E-state index contributed by atoms with van der Waals surface area (Å²) in [6, 6.07) is 7.67. The van der Waals surface area contributed by atoms with Crippen molar-refractivity contribution in [3.63, 3.8) is 0 Å². The van der Waals surface area contributed by atoms with Crippen molar-refractivity contribution < 1.29 is 9.53 Å². The Morgan fingerprint density at radius 2 is 1.93 bits per heavy atom. The highest BCUT2D eigenvalue weighted by Crippen LogP contribution is 2.28. The summed E-state index contributed by atoms with van der Waals surface area (Å²) in [4.78, 5) is 15.9. The highest BCUT2D eigenvalue weighted by atomic mass is 127. The monoisotopic (exact) mass is 503 g/mol. The number of nitrogens with zero attached hydrogens (tertiary/aromatic N) is 1. The van der Waals surface area contributed by atoms with Gasteiger partial charge in [0.15, 0.2) is 5.96 Å². The van der Waals surface area contributed by atoms with Crippen molar-refractivity contribution in [3.8, 4) is 0 Å². The minimum absolute atomic E-state index is 0. The van der Waals surface area contributed by atoms with Crippen LogP contribution in [0.5, 0.6) is 0 Å². The highest BCUT2D eigenvalue weighted by Gasteiger charge is 2.20. The van der Waals surface area contributed by atoms with E-state index in [-0.39, 0.29) is 36.0 Å². The van der Waals surface area contributed by atoms with Crippen molar-refractivity contribution in [2.24, 2.45) is 10.9 Å². The van der Waals surface area contributed by atoms with Crippen LogP contribution in [-0.4, -0.2) is 44.8 Å². The number of hydrogen-bond acceptors (Lipinski definition) is 3. The van der Waals surface area contributed by atoms with Gasteiger partial charge >= 0.3 is 6.03 Å². The Labute approximate surface area is 185 Å². The Balaban J connectivity index is 0.00000392. The zero-order valence-corrected chi connectivity index (χ0v) is 19.4. The first-order valence-electron chi connectivity index (χ1n) is 9.75. The Bertz CT molecular complexity index is 603. The summed E-state index contributed by atoms with van der Waals surface area (Å²) in [6.07, 6.45) is 3.63. The van der Waals surface area contributed by atoms with Crippen molar-refractivity contribution in [1.82, 2.24) is 16.0 Å². The second kappa shape index (κ2) is 13.6. The molecule has 1 fully saturated rings. The van der Waals surface area contributed by atoms with E-state index in [1.807, 2.05) is 38.1 Å². The molecule has 2 amide bonds. The van der Waals surface area contributed by atoms with Crippen molar-refractivity contribution in [1.29, 1.82) is 0 Å². The van der Waals surface area contributed by atoms with Gasteiger partial charge in [0.2, 0.25) is 0 Å². The molecule has 4 N–H and O–H groups in total. The third-order valence-corrected chi connectivity index (χ3v) is 4.12. The predicted octanol–water partition coefficient (Wildman–Crippen LogP) is 3.32. The lowest BCUT2D eigenvalue weighted by Gasteiger charge is -2.13. The first-order valence-corrected chi connectivity index (χ1v) is 9.75. The maximum absolute atomic E-state index is 11.7. The molecule has 8 heteroatoms. The molecule has 7 nitrogen and oxygen atoms in total. The zero-order chi connectivity index (χ0) is 19.5. The quantitative estimate of drug-likeness (QED) is 0.171. The lowest BCUT2D eigenvalue weighted by Crippen LogP contribution is -2.37. The average Bonchev–Trinajstić information content (AvgIpc) is 3.45. The number of benzene rings is 1. The number of nitrogens with one attached hydrogen (secondary N) is 4. The molecule has 1 aromatic rings. The molecule has 28 heavy (non-hydrogen) atoms. The Morgan fingerprint density at radius 3 is 2.54 bits per heavy atom. The van der Waals surface area contributed by atoms with Gasteiger partial charge < -0.3 is 26.0 Å². The maximum Gasteiger partial charge on any atom is 0.319 e. The molecule has 0 bridgehead atoms. The number of amides is 2. The number of carbonyl (C=O) groups is 1. The SMILES string of the molecule is CN=C(NCCCOCC1CC1)NCc1ccc(NC(=O)NC(C)C)cc1.I. The van der Waals surface area contributed by atoms with E-state index in [2.05, 4.69) is 26.3 Å². The minimum Gasteiger partial charge on any atom is -0.381 e. The number of guanidine groups is 1. The number of halogens is 1. The summed E-state index contributed by atoms with van der Waals surface area (Å²) in [5, 5.41) is 12.2. The topological polar surface area (TPSA) is 86.8 Å². The van der Waals surface area contributed by atoms with Gasteiger partial charge in [-0.2, -0.15) is 0 Å². The number of hydrogen-bond donors (Lipinski definition) is 4. The Morgan fingerprint density at radius 1 is 1.21 bits per heavy atom. The Kier molecular flexibility index (Phi) is 11.9. The lowest BCUT2D eigenvalue weighted by molar-refractivity contribution is 0.123. The Hall–Kier alpha value is -1.55. The molecule has 0 aromatic heterocycles. The van der Waals surface area contributed by atoms with Crippen LogP contribution in [0.1, 0.15) is 38.7 Å². The van der Waals surface area contributed by atoms with Crippen LogP contribution in [0.15, 0.2) is 29.3 Å². The van der Waals surface area contributed by atoms with Gasteiger partial charge in [-0.25, -0.2) is 4.79 Å². The van der Waals surface area contributed by atoms with Gasteiger partial charge in [-0.3, -0.25) is 4.99 Å². The molecule has 0 atom stereocenters. The average molecular weight is 503 g/mol. The summed E-state index contributed by atoms with van der Waals surface area (Å²) in [5.74, 6) is 1.59. The van der Waals surface area contributed by atoms with Gasteiger partial charge in [0.05, 0.1) is 0 Å². The molecule has 1 aliphatic rings. The molecule has 1 aliphatic carbocycles. The summed E-state index contributed by atoms with van der Waals surface area (Å²) in [6.45, 7) is 7.05. The third-order valence-electron chi connectivity index (χ3n) is 4.12. The van der Waals surface area contributed by atoms with Crippen molar-refractivity contribution in [3.05, 3.63) is 29.8 Å². The van der Waals surface area contributed by atoms with Crippen LogP contribution in [0, 0.1) is 5.92 Å². The summed E-state index contributed by atoms with van der Waals surface area (Å²) in [7, 11) is 1.76. The fourth-order valence-corrected chi connectivity index (χ4v) is 2.46. The van der Waals surface area contributed by atoms with Crippen molar-refractivity contribution in [2.45, 2.75) is 45.7 Å². The molecular formula is C20H34IN5O2. The van der Waals surface area contributed by atoms with Crippen molar-refractivity contribution in [2.75, 3.05) is 32.1 Å². The van der Waals surface area contributed by atoms with E-state index in [0.717, 1.165) is 49.3 Å². The molecule has 2 rings (SSSR count). The molecule has 0 spiro atoms. The molecule has 1 saturated carbocycles. The van der Waals surface area contributed by atoms with Crippen LogP contribution in [0.2, 0.25) is 0 Å². The van der Waals surface area contributed by atoms with Crippen LogP contribution < -0.4 is 21.3 Å². The molecule has 0 saturated heterocycles. The first kappa shape index (κ1) is 24.5. The van der Waals surface area contributed by atoms with Gasteiger partial charge in [0, 0.05) is 45.1 Å². The maximum atomic E-state index is 11.7. The fraction of sp³-hybridized carbons (Fsp3) is 0.600. The van der Waals surface area contributed by atoms with E-state index >= 15 is 0 Å². The van der Waals surface area contributed by atoms with Crippen LogP contribution >= 0.6 is 24.0 Å². The van der Waals surface area contributed by atoms with Crippen LogP contribution in [0.3, 0.4) is 0 Å². The number of anilines is 1. The number of carbonyl (C=O) groups excluding carboxylic acids is 1. The summed E-state index contributed by atoms with van der Waals surface area (Å²) < 4.78 is 5.63. The third kappa shape index (κ3) is 10.7. The number of rotatable bonds is 10. The smallest absolute Gasteiger partial charge is 0.319 e. The van der Waals surface area contributed by atoms with Gasteiger partial charge in [-0.15, -0.1) is 24.0 Å². The molecule has 158 valence electrons. The van der Waals surface area contributed by atoms with Gasteiger partial charge in [0.1, 0.15) is 0 Å². The minimum atomic E-state index is -0.193. The van der Waals surface area contributed by atoms with E-state index in [1.165, 1.54) is 12.8 Å². The summed E-state index contributed by atoms with van der Waals surface area (Å²) in [5.41, 5.74) is 1.88. The van der Waals surface area contributed by atoms with E-state index in [9.17, 15) is 4.79 Å². The van der Waals surface area contributed by atoms with Crippen LogP contribution in [-0.2, 0) is 11.3 Å². The van der Waals surface area contributed by atoms with E-state index in [0.29, 0.717) is 6.54 Å². The van der Waals surface area contributed by atoms with Crippen molar-refractivity contribution >= 4 is 41.7 Å². The molecule has 0 unspecified atom stereocenters. The molecule has 0 radical (unpaired) electrons. The van der Waals surface area contributed by atoms with Crippen LogP contribution in [0.25, 0.3) is 0 Å². The van der Waals surface area contributed by atoms with Crippen LogP contribution in [0.4, 0.5) is 10.5 Å². The van der Waals surface area contributed by atoms with E-state index in [1.54, 1.807) is 7.05 Å². The molecule has 0 heterocycles. The largest absolute Gasteiger partial charge is 0.381 e. The van der Waals surface area contributed by atoms with Gasteiger partial charge in [-0.1, -0.05) is 12.1 Å². The van der Waals surface area contributed by atoms with Gasteiger partial charge in [-0.05, 0) is 56.7 Å². The fourth-order valence-electron chi connectivity index (χ4n) is 2.46. The van der Waals surface area contributed by atoms with E-state index < -0.39 is 0 Å². The zero-order valence-electron chi connectivity index (χ0n) is 17.1. The molecular weight excluding hydrogens is 469 g/mol. The number of urea groups is 1. The number of ether oxygens (including phenoxy) is 1. The number of aliphatic imine (C=N–C) groups is 1. The summed E-state index contributed by atoms with van der Waals surface area (Å²) >= 11 is 0. The second-order valence-corrected chi connectivity index (χ2v) is 7.17. The standard InChI is InChI=1S/C20H33N5O2.HI/c1-15(2)24-20(26)25-18-9-7-16(8-10-18)13-23-19(21-3)22-11-4-12-27-14-17-5-6-17;/h7-10,15,17H,4-6,11-14H2,1-3H3,(H2,21,22,23)(H2,24,25,26);1H. The predicted molar refractivity (Wildman–Crippen MR) is 126 cm³/mol. The second-order valence-electron chi connectivity index (χ2n) is 7.17. The van der Waals surface area contributed by atoms with Gasteiger partial charge in [0.25, 0.3) is 0 Å².